The van der Waals surface area contributed by atoms with Gasteiger partial charge in [-0.1, -0.05) is 12.1 Å². The molecule has 0 radical (unpaired) electrons. The van der Waals surface area contributed by atoms with E-state index in [2.05, 4.69) is 10.6 Å². The molecular formula is C18H23N3O4S2. The third kappa shape index (κ3) is 5.30. The molecule has 7 nitrogen and oxygen atoms in total. The molecule has 0 aliphatic rings. The average Bonchev–Trinajstić information content (AvgIpc) is 3.11. The fourth-order valence-corrected chi connectivity index (χ4v) is 4.62. The fraction of sp³-hybridized carbons (Fsp3) is 0.333. The summed E-state index contributed by atoms with van der Waals surface area (Å²) in [4.78, 5) is 23.8. The number of rotatable bonds is 6. The van der Waals surface area contributed by atoms with Crippen LogP contribution in [0.3, 0.4) is 0 Å². The van der Waals surface area contributed by atoms with Gasteiger partial charge in [-0.2, -0.15) is 11.3 Å². The van der Waals surface area contributed by atoms with Crippen molar-refractivity contribution in [2.45, 2.75) is 37.6 Å². The van der Waals surface area contributed by atoms with Gasteiger partial charge in [0.15, 0.2) is 0 Å². The zero-order chi connectivity index (χ0) is 20.2. The van der Waals surface area contributed by atoms with Gasteiger partial charge in [-0.25, -0.2) is 17.9 Å². The smallest absolute Gasteiger partial charge is 0.328 e. The maximum absolute atomic E-state index is 12.5. The average molecular weight is 410 g/mol. The van der Waals surface area contributed by atoms with Gasteiger partial charge in [-0.05, 0) is 60.4 Å². The Morgan fingerprint density at radius 3 is 2.48 bits per heavy atom. The van der Waals surface area contributed by atoms with Crippen molar-refractivity contribution in [1.29, 1.82) is 0 Å². The number of carbonyl (C=O) groups excluding carboxylic acids is 2. The summed E-state index contributed by atoms with van der Waals surface area (Å²) in [5.41, 5.74) is 1.49. The van der Waals surface area contributed by atoms with Gasteiger partial charge in [0.1, 0.15) is 0 Å². The summed E-state index contributed by atoms with van der Waals surface area (Å²) < 4.78 is 26.7. The second-order valence-corrected chi connectivity index (χ2v) is 9.08. The van der Waals surface area contributed by atoms with Gasteiger partial charge in [-0.3, -0.25) is 4.79 Å². The Morgan fingerprint density at radius 2 is 1.89 bits per heavy atom. The highest BCUT2D eigenvalue weighted by atomic mass is 32.2. The van der Waals surface area contributed by atoms with E-state index in [-0.39, 0.29) is 17.2 Å². The Bertz CT molecular complexity index is 936. The molecule has 0 spiro atoms. The Balaban J connectivity index is 2.18. The number of aryl methyl sites for hydroxylation is 1. The lowest BCUT2D eigenvalue weighted by molar-refractivity contribution is -0.122. The van der Waals surface area contributed by atoms with Crippen LogP contribution in [0.15, 0.2) is 39.9 Å². The van der Waals surface area contributed by atoms with Crippen molar-refractivity contribution < 1.29 is 18.0 Å². The van der Waals surface area contributed by atoms with E-state index in [0.717, 1.165) is 5.56 Å². The van der Waals surface area contributed by atoms with E-state index in [0.29, 0.717) is 11.1 Å². The Morgan fingerprint density at radius 1 is 1.19 bits per heavy atom. The molecule has 2 aromatic rings. The van der Waals surface area contributed by atoms with Crippen LogP contribution in [0.25, 0.3) is 0 Å². The maximum atomic E-state index is 12.5. The minimum atomic E-state index is -4.02. The number of hydrogen-bond donors (Lipinski definition) is 3. The Labute approximate surface area is 163 Å². The predicted octanol–water partition coefficient (Wildman–Crippen LogP) is 2.27. The number of benzene rings is 1. The lowest BCUT2D eigenvalue weighted by atomic mass is 9.97. The van der Waals surface area contributed by atoms with Crippen molar-refractivity contribution >= 4 is 33.3 Å². The van der Waals surface area contributed by atoms with E-state index >= 15 is 0 Å². The van der Waals surface area contributed by atoms with Crippen LogP contribution in [0.1, 0.15) is 30.5 Å². The van der Waals surface area contributed by atoms with Gasteiger partial charge in [0.25, 0.3) is 10.0 Å². The normalized spacial score (nSPS) is 11.7. The van der Waals surface area contributed by atoms with E-state index in [9.17, 15) is 18.0 Å². The zero-order valence-corrected chi connectivity index (χ0v) is 17.3. The molecule has 0 bridgehead atoms. The summed E-state index contributed by atoms with van der Waals surface area (Å²) in [7, 11) is -2.70. The van der Waals surface area contributed by atoms with Gasteiger partial charge in [0.05, 0.1) is 16.9 Å². The maximum Gasteiger partial charge on any atom is 0.328 e. The minimum Gasteiger partial charge on any atom is -0.347 e. The number of nitrogens with one attached hydrogen (secondary N) is 3. The van der Waals surface area contributed by atoms with Crippen molar-refractivity contribution in [3.8, 4) is 0 Å². The first kappa shape index (κ1) is 20.9. The third-order valence-corrected chi connectivity index (χ3v) is 6.21. The molecular weight excluding hydrogens is 386 g/mol. The van der Waals surface area contributed by atoms with Crippen LogP contribution in [-0.2, 0) is 26.8 Å². The summed E-state index contributed by atoms with van der Waals surface area (Å²) in [6, 6.07) is 5.86. The lowest BCUT2D eigenvalue weighted by Gasteiger charge is -2.25. The molecule has 0 aliphatic carbocycles. The number of urea groups is 1. The van der Waals surface area contributed by atoms with Crippen molar-refractivity contribution in [2.75, 3.05) is 7.05 Å². The minimum absolute atomic E-state index is 0.0241. The van der Waals surface area contributed by atoms with Gasteiger partial charge in [0.2, 0.25) is 5.91 Å². The second kappa shape index (κ2) is 8.10. The zero-order valence-electron chi connectivity index (χ0n) is 15.6. The largest absolute Gasteiger partial charge is 0.347 e. The van der Waals surface area contributed by atoms with Crippen LogP contribution in [0.5, 0.6) is 0 Å². The first-order valence-electron chi connectivity index (χ1n) is 8.23. The van der Waals surface area contributed by atoms with Crippen LogP contribution in [0, 0.1) is 6.92 Å². The van der Waals surface area contributed by atoms with Gasteiger partial charge >= 0.3 is 6.03 Å². The molecule has 1 aromatic heterocycles. The summed E-state index contributed by atoms with van der Waals surface area (Å²) in [5, 5.41) is 9.08. The number of thiophene rings is 1. The number of carbonyl (C=O) groups is 2. The summed E-state index contributed by atoms with van der Waals surface area (Å²) in [6.07, 6.45) is 0.0241. The van der Waals surface area contributed by atoms with Crippen LogP contribution >= 0.6 is 11.3 Å². The highest BCUT2D eigenvalue weighted by molar-refractivity contribution is 7.90. The van der Waals surface area contributed by atoms with Crippen molar-refractivity contribution in [3.63, 3.8) is 0 Å². The van der Waals surface area contributed by atoms with Crippen LogP contribution in [0.4, 0.5) is 4.79 Å². The van der Waals surface area contributed by atoms with Crippen molar-refractivity contribution in [2.24, 2.45) is 0 Å². The standard InChI is InChI=1S/C18H23N3O4S2/c1-12-5-6-13(9-15(12)27(24,25)21-17(23)19-4)10-16(22)20-18(2,3)14-7-8-26-11-14/h5-9,11H,10H2,1-4H3,(H,20,22)(H2,19,21,23). The van der Waals surface area contributed by atoms with Crippen LogP contribution in [-0.4, -0.2) is 27.4 Å². The molecule has 2 rings (SSSR count). The van der Waals surface area contributed by atoms with Crippen molar-refractivity contribution in [3.05, 3.63) is 51.7 Å². The quantitative estimate of drug-likeness (QED) is 0.681. The van der Waals surface area contributed by atoms with E-state index in [1.807, 2.05) is 35.4 Å². The molecule has 146 valence electrons. The second-order valence-electron chi connectivity index (χ2n) is 6.65. The Kier molecular flexibility index (Phi) is 6.27. The summed E-state index contributed by atoms with van der Waals surface area (Å²) in [6.45, 7) is 5.44. The topological polar surface area (TPSA) is 104 Å². The molecule has 3 N–H and O–H groups in total. The molecule has 1 aromatic carbocycles. The van der Waals surface area contributed by atoms with Gasteiger partial charge in [0, 0.05) is 7.05 Å². The Hall–Kier alpha value is -2.39. The molecule has 0 unspecified atom stereocenters. The van der Waals surface area contributed by atoms with E-state index in [1.165, 1.54) is 13.1 Å². The monoisotopic (exact) mass is 409 g/mol. The molecule has 0 saturated carbocycles. The molecule has 27 heavy (non-hydrogen) atoms. The van der Waals surface area contributed by atoms with Gasteiger partial charge < -0.3 is 10.6 Å². The molecule has 0 saturated heterocycles. The van der Waals surface area contributed by atoms with E-state index in [1.54, 1.807) is 30.4 Å². The molecule has 9 heteroatoms. The van der Waals surface area contributed by atoms with Crippen LogP contribution < -0.4 is 15.4 Å². The lowest BCUT2D eigenvalue weighted by Crippen LogP contribution is -2.41. The van der Waals surface area contributed by atoms with Crippen LogP contribution in [0.2, 0.25) is 0 Å². The highest BCUT2D eigenvalue weighted by Gasteiger charge is 2.24. The first-order chi connectivity index (χ1) is 12.5. The molecule has 0 atom stereocenters. The summed E-state index contributed by atoms with van der Waals surface area (Å²) >= 11 is 1.55. The highest BCUT2D eigenvalue weighted by Crippen LogP contribution is 2.23. The molecule has 0 aliphatic heterocycles. The van der Waals surface area contributed by atoms with E-state index in [4.69, 9.17) is 0 Å². The first-order valence-corrected chi connectivity index (χ1v) is 10.7. The third-order valence-electron chi connectivity index (χ3n) is 4.06. The molecule has 3 amide bonds. The number of hydrogen-bond acceptors (Lipinski definition) is 5. The number of amides is 3. The van der Waals surface area contributed by atoms with Crippen molar-refractivity contribution in [1.82, 2.24) is 15.4 Å². The molecule has 1 heterocycles. The number of sulfonamides is 1. The SMILES string of the molecule is CNC(=O)NS(=O)(=O)c1cc(CC(=O)NC(C)(C)c2ccsc2)ccc1C. The predicted molar refractivity (Wildman–Crippen MR) is 105 cm³/mol. The summed E-state index contributed by atoms with van der Waals surface area (Å²) in [5.74, 6) is -0.224. The van der Waals surface area contributed by atoms with E-state index < -0.39 is 21.6 Å². The molecule has 0 fully saturated rings. The van der Waals surface area contributed by atoms with Gasteiger partial charge in [-0.15, -0.1) is 0 Å². The fourth-order valence-electron chi connectivity index (χ4n) is 2.54.